The Balaban J connectivity index is 1.89. The first-order valence-electron chi connectivity index (χ1n) is 8.80. The van der Waals surface area contributed by atoms with E-state index in [1.54, 1.807) is 16.9 Å². The average Bonchev–Trinajstić information content (AvgIpc) is 3.03. The van der Waals surface area contributed by atoms with Gasteiger partial charge in [-0.2, -0.15) is 5.10 Å². The number of rotatable bonds is 3. The highest BCUT2D eigenvalue weighted by Gasteiger charge is 2.44. The van der Waals surface area contributed by atoms with Gasteiger partial charge in [-0.15, -0.1) is 0 Å². The lowest BCUT2D eigenvalue weighted by Gasteiger charge is -2.46. The number of hydrogen-bond acceptors (Lipinski definition) is 4. The summed E-state index contributed by atoms with van der Waals surface area (Å²) in [5.74, 6) is 0.102. The molecule has 132 valence electrons. The van der Waals surface area contributed by atoms with Crippen molar-refractivity contribution in [3.05, 3.63) is 18.0 Å². The van der Waals surface area contributed by atoms with Gasteiger partial charge in [0.15, 0.2) is 0 Å². The van der Waals surface area contributed by atoms with Crippen LogP contribution in [0.5, 0.6) is 0 Å². The summed E-state index contributed by atoms with van der Waals surface area (Å²) in [7, 11) is 0. The van der Waals surface area contributed by atoms with Gasteiger partial charge in [0.2, 0.25) is 5.91 Å². The second-order valence-corrected chi connectivity index (χ2v) is 6.48. The molecule has 1 spiro atoms. The molecule has 2 amide bonds. The van der Waals surface area contributed by atoms with Gasteiger partial charge < -0.3 is 14.5 Å². The highest BCUT2D eigenvalue weighted by Crippen LogP contribution is 2.32. The van der Waals surface area contributed by atoms with Crippen LogP contribution in [-0.2, 0) is 16.1 Å². The number of aromatic nitrogens is 2. The van der Waals surface area contributed by atoms with Gasteiger partial charge >= 0.3 is 0 Å². The Kier molecular flexibility index (Phi) is 4.89. The van der Waals surface area contributed by atoms with Crippen molar-refractivity contribution in [1.82, 2.24) is 19.6 Å². The summed E-state index contributed by atoms with van der Waals surface area (Å²) in [6, 6.07) is 1.76. The Hall–Kier alpha value is -1.89. The molecule has 7 nitrogen and oxygen atoms in total. The first-order valence-corrected chi connectivity index (χ1v) is 8.80. The number of likely N-dealkylation sites (N-methyl/N-ethyl adjacent to an activating group) is 1. The highest BCUT2D eigenvalue weighted by molar-refractivity contribution is 5.93. The van der Waals surface area contributed by atoms with Gasteiger partial charge in [0.05, 0.1) is 5.54 Å². The summed E-state index contributed by atoms with van der Waals surface area (Å²) in [5, 5.41) is 4.20. The summed E-state index contributed by atoms with van der Waals surface area (Å²) >= 11 is 0. The van der Waals surface area contributed by atoms with Crippen molar-refractivity contribution in [2.24, 2.45) is 0 Å². The normalized spacial score (nSPS) is 21.2. The van der Waals surface area contributed by atoms with Crippen LogP contribution in [0.15, 0.2) is 12.3 Å². The predicted molar refractivity (Wildman–Crippen MR) is 88.6 cm³/mol. The molecule has 0 atom stereocenters. The molecule has 2 aliphatic rings. The third-order valence-electron chi connectivity index (χ3n) is 5.22. The Morgan fingerprint density at radius 2 is 2.04 bits per heavy atom. The first kappa shape index (κ1) is 17.0. The van der Waals surface area contributed by atoms with Crippen LogP contribution in [-0.4, -0.2) is 69.8 Å². The molecule has 2 aliphatic heterocycles. The number of carbonyl (C=O) groups excluding carboxylic acids is 2. The lowest BCUT2D eigenvalue weighted by atomic mass is 9.87. The molecule has 7 heteroatoms. The SMILES string of the molecule is CCN1C(=O)CCN(C(=O)c2ccnn2CC)CC12CCOCC2. The van der Waals surface area contributed by atoms with Crippen LogP contribution in [0.1, 0.15) is 43.6 Å². The molecule has 0 unspecified atom stereocenters. The second-order valence-electron chi connectivity index (χ2n) is 6.48. The molecule has 3 rings (SSSR count). The van der Waals surface area contributed by atoms with Gasteiger partial charge in [0, 0.05) is 52.0 Å². The molecule has 1 aromatic rings. The zero-order valence-electron chi connectivity index (χ0n) is 14.5. The summed E-state index contributed by atoms with van der Waals surface area (Å²) in [6.45, 7) is 7.62. The monoisotopic (exact) mass is 334 g/mol. The van der Waals surface area contributed by atoms with Crippen molar-refractivity contribution in [3.8, 4) is 0 Å². The summed E-state index contributed by atoms with van der Waals surface area (Å²) in [5.41, 5.74) is 0.296. The Morgan fingerprint density at radius 1 is 1.29 bits per heavy atom. The average molecular weight is 334 g/mol. The van der Waals surface area contributed by atoms with Gasteiger partial charge in [0.1, 0.15) is 5.69 Å². The fourth-order valence-electron chi connectivity index (χ4n) is 3.94. The summed E-state index contributed by atoms with van der Waals surface area (Å²) in [6.07, 6.45) is 3.59. The van der Waals surface area contributed by atoms with E-state index in [0.717, 1.165) is 12.8 Å². The lowest BCUT2D eigenvalue weighted by Crippen LogP contribution is -2.58. The van der Waals surface area contributed by atoms with Crippen LogP contribution in [0.25, 0.3) is 0 Å². The van der Waals surface area contributed by atoms with Crippen LogP contribution in [0, 0.1) is 0 Å². The maximum Gasteiger partial charge on any atom is 0.272 e. The molecule has 2 saturated heterocycles. The van der Waals surface area contributed by atoms with Crippen molar-refractivity contribution in [1.29, 1.82) is 0 Å². The fourth-order valence-corrected chi connectivity index (χ4v) is 3.94. The van der Waals surface area contributed by atoms with E-state index in [9.17, 15) is 9.59 Å². The smallest absolute Gasteiger partial charge is 0.272 e. The van der Waals surface area contributed by atoms with Crippen molar-refractivity contribution < 1.29 is 14.3 Å². The molecule has 0 radical (unpaired) electrons. The second kappa shape index (κ2) is 6.93. The van der Waals surface area contributed by atoms with Crippen molar-refractivity contribution in [3.63, 3.8) is 0 Å². The molecular weight excluding hydrogens is 308 g/mol. The van der Waals surface area contributed by atoms with Crippen LogP contribution in [0.3, 0.4) is 0 Å². The van der Waals surface area contributed by atoms with Gasteiger partial charge in [-0.3, -0.25) is 14.3 Å². The van der Waals surface area contributed by atoms with Crippen LogP contribution in [0.4, 0.5) is 0 Å². The zero-order chi connectivity index (χ0) is 17.2. The van der Waals surface area contributed by atoms with E-state index in [0.29, 0.717) is 51.5 Å². The lowest BCUT2D eigenvalue weighted by molar-refractivity contribution is -0.139. The number of amides is 2. The quantitative estimate of drug-likeness (QED) is 0.831. The predicted octanol–water partition coefficient (Wildman–Crippen LogP) is 1.15. The first-order chi connectivity index (χ1) is 11.6. The minimum atomic E-state index is -0.298. The summed E-state index contributed by atoms with van der Waals surface area (Å²) < 4.78 is 7.23. The number of nitrogens with zero attached hydrogens (tertiary/aromatic N) is 4. The van der Waals surface area contributed by atoms with Crippen molar-refractivity contribution in [2.75, 3.05) is 32.8 Å². The Morgan fingerprint density at radius 3 is 2.71 bits per heavy atom. The van der Waals surface area contributed by atoms with E-state index >= 15 is 0 Å². The molecule has 1 aromatic heterocycles. The van der Waals surface area contributed by atoms with Crippen molar-refractivity contribution >= 4 is 11.8 Å². The molecule has 3 heterocycles. The van der Waals surface area contributed by atoms with Crippen LogP contribution < -0.4 is 0 Å². The maximum atomic E-state index is 13.0. The molecule has 2 fully saturated rings. The van der Waals surface area contributed by atoms with Crippen LogP contribution >= 0.6 is 0 Å². The van der Waals surface area contributed by atoms with Gasteiger partial charge in [-0.05, 0) is 32.8 Å². The number of hydrogen-bond donors (Lipinski definition) is 0. The molecule has 0 saturated carbocycles. The van der Waals surface area contributed by atoms with Gasteiger partial charge in [-0.25, -0.2) is 0 Å². The third kappa shape index (κ3) is 2.92. The van der Waals surface area contributed by atoms with Crippen LogP contribution in [0.2, 0.25) is 0 Å². The molecule has 0 N–H and O–H groups in total. The topological polar surface area (TPSA) is 67.7 Å². The molecule has 0 aromatic carbocycles. The molecular formula is C17H26N4O3. The Labute approximate surface area is 142 Å². The molecule has 0 aliphatic carbocycles. The third-order valence-corrected chi connectivity index (χ3v) is 5.22. The van der Waals surface area contributed by atoms with E-state index in [1.165, 1.54) is 0 Å². The van der Waals surface area contributed by atoms with E-state index in [-0.39, 0.29) is 17.4 Å². The highest BCUT2D eigenvalue weighted by atomic mass is 16.5. The van der Waals surface area contributed by atoms with E-state index in [2.05, 4.69) is 5.10 Å². The zero-order valence-corrected chi connectivity index (χ0v) is 14.5. The van der Waals surface area contributed by atoms with Gasteiger partial charge in [0.25, 0.3) is 5.91 Å². The standard InChI is InChI=1S/C17H26N4O3/c1-3-20-15(22)6-10-19(13-17(20)7-11-24-12-8-17)16(23)14-5-9-18-21(14)4-2/h5,9H,3-4,6-8,10-13H2,1-2H3. The minimum absolute atomic E-state index is 0.0361. The fraction of sp³-hybridized carbons (Fsp3) is 0.706. The largest absolute Gasteiger partial charge is 0.381 e. The number of aryl methyl sites for hydroxylation is 1. The van der Waals surface area contributed by atoms with E-state index in [4.69, 9.17) is 4.74 Å². The molecule has 0 bridgehead atoms. The summed E-state index contributed by atoms with van der Waals surface area (Å²) in [4.78, 5) is 29.5. The van der Waals surface area contributed by atoms with Crippen molar-refractivity contribution in [2.45, 2.75) is 45.2 Å². The number of carbonyl (C=O) groups is 2. The Bertz CT molecular complexity index is 607. The maximum absolute atomic E-state index is 13.0. The molecule has 24 heavy (non-hydrogen) atoms. The van der Waals surface area contributed by atoms with E-state index in [1.807, 2.05) is 23.6 Å². The van der Waals surface area contributed by atoms with E-state index < -0.39 is 0 Å². The minimum Gasteiger partial charge on any atom is -0.381 e. The number of ether oxygens (including phenoxy) is 1. The van der Waals surface area contributed by atoms with Gasteiger partial charge in [-0.1, -0.05) is 0 Å².